The number of aromatic nitrogens is 2. The third kappa shape index (κ3) is 6.82. The van der Waals surface area contributed by atoms with Crippen molar-refractivity contribution < 1.29 is 14.0 Å². The Bertz CT molecular complexity index is 1630. The molecule has 9 heteroatoms. The maximum absolute atomic E-state index is 13.6. The van der Waals surface area contributed by atoms with Crippen molar-refractivity contribution in [3.8, 4) is 5.69 Å². The Morgan fingerprint density at radius 3 is 2.46 bits per heavy atom. The minimum absolute atomic E-state index is 0.0888. The number of ketones is 1. The quantitative estimate of drug-likeness (QED) is 0.208. The number of Topliss-reactive ketones (excluding diaryl/α,β-unsaturated/α-hetero) is 1. The number of anilines is 1. The fraction of sp³-hybridized carbons (Fsp3) is 0.406. The van der Waals surface area contributed by atoms with Crippen molar-refractivity contribution in [2.75, 3.05) is 19.4 Å². The third-order valence-electron chi connectivity index (χ3n) is 7.69. The van der Waals surface area contributed by atoms with Crippen molar-refractivity contribution in [3.63, 3.8) is 0 Å². The Morgan fingerprint density at radius 2 is 1.80 bits per heavy atom. The summed E-state index contributed by atoms with van der Waals surface area (Å²) < 4.78 is 9.17. The molecule has 0 aliphatic rings. The van der Waals surface area contributed by atoms with Gasteiger partial charge in [-0.2, -0.15) is 0 Å². The average Bonchev–Trinajstić information content (AvgIpc) is 3.38. The van der Waals surface area contributed by atoms with E-state index in [0.29, 0.717) is 34.8 Å². The lowest BCUT2D eigenvalue weighted by molar-refractivity contribution is -0.118. The standard InChI is InChI=1S/C32H39ClN4O4/c1-20(35(5)6)15-26-29(31(40)37(36(26)7)24-11-9-8-10-12-24)34-28(39)19-32(3,4)14-13-27(38)25-18-23(33)17-22-16-21(2)41-30(22)25/h8-12,16-18,20H,13-15,19H2,1-7H3,(H,34,39)/t20-/m0/s1. The molecule has 0 radical (unpaired) electrons. The predicted octanol–water partition coefficient (Wildman–Crippen LogP) is 6.39. The van der Waals surface area contributed by atoms with Crippen molar-refractivity contribution in [1.29, 1.82) is 0 Å². The van der Waals surface area contributed by atoms with Gasteiger partial charge < -0.3 is 14.6 Å². The van der Waals surface area contributed by atoms with Crippen LogP contribution in [0.15, 0.2) is 57.7 Å². The molecular formula is C32H39ClN4O4. The number of halogens is 1. The molecule has 0 saturated heterocycles. The molecule has 1 N–H and O–H groups in total. The molecule has 2 aromatic carbocycles. The summed E-state index contributed by atoms with van der Waals surface area (Å²) in [6.07, 6.45) is 1.42. The van der Waals surface area contributed by atoms with Gasteiger partial charge in [-0.15, -0.1) is 0 Å². The molecule has 0 aliphatic heterocycles. The molecule has 0 unspecified atom stereocenters. The highest BCUT2D eigenvalue weighted by Gasteiger charge is 2.28. The van der Waals surface area contributed by atoms with E-state index in [1.54, 1.807) is 16.8 Å². The number of hydrogen-bond donors (Lipinski definition) is 1. The molecule has 0 saturated carbocycles. The van der Waals surface area contributed by atoms with E-state index in [1.807, 2.05) is 83.0 Å². The number of likely N-dealkylation sites (N-methyl/N-ethyl adjacent to an activating group) is 1. The van der Waals surface area contributed by atoms with Crippen LogP contribution >= 0.6 is 11.6 Å². The maximum Gasteiger partial charge on any atom is 0.295 e. The maximum atomic E-state index is 13.6. The molecule has 8 nitrogen and oxygen atoms in total. The van der Waals surface area contributed by atoms with E-state index < -0.39 is 5.41 Å². The molecule has 4 rings (SSSR count). The van der Waals surface area contributed by atoms with Crippen LogP contribution < -0.4 is 10.9 Å². The molecule has 1 amide bonds. The Kier molecular flexibility index (Phi) is 8.94. The summed E-state index contributed by atoms with van der Waals surface area (Å²) in [6.45, 7) is 7.81. The van der Waals surface area contributed by atoms with Crippen LogP contribution in [0.5, 0.6) is 0 Å². The topological polar surface area (TPSA) is 89.5 Å². The second-order valence-corrected chi connectivity index (χ2v) is 12.3. The normalized spacial score (nSPS) is 12.7. The Hall–Kier alpha value is -3.62. The van der Waals surface area contributed by atoms with E-state index >= 15 is 0 Å². The van der Waals surface area contributed by atoms with Crippen LogP contribution in [-0.4, -0.2) is 46.1 Å². The zero-order valence-corrected chi connectivity index (χ0v) is 25.6. The highest BCUT2D eigenvalue weighted by molar-refractivity contribution is 6.32. The summed E-state index contributed by atoms with van der Waals surface area (Å²) >= 11 is 6.26. The van der Waals surface area contributed by atoms with Crippen LogP contribution in [0.25, 0.3) is 16.7 Å². The van der Waals surface area contributed by atoms with Gasteiger partial charge in [0.2, 0.25) is 5.91 Å². The van der Waals surface area contributed by atoms with Crippen molar-refractivity contribution >= 4 is 39.9 Å². The fourth-order valence-corrected chi connectivity index (χ4v) is 5.30. The van der Waals surface area contributed by atoms with Gasteiger partial charge in [0.15, 0.2) is 5.78 Å². The Labute approximate surface area is 245 Å². The molecule has 0 fully saturated rings. The summed E-state index contributed by atoms with van der Waals surface area (Å²) in [5.74, 6) is 0.352. The number of para-hydroxylation sites is 1. The van der Waals surface area contributed by atoms with Crippen LogP contribution in [0.3, 0.4) is 0 Å². The molecule has 4 aromatic rings. The van der Waals surface area contributed by atoms with Crippen molar-refractivity contribution in [2.45, 2.75) is 59.4 Å². The van der Waals surface area contributed by atoms with Gasteiger partial charge in [-0.3, -0.25) is 19.1 Å². The number of rotatable bonds is 11. The Balaban J connectivity index is 1.52. The fourth-order valence-electron chi connectivity index (χ4n) is 5.08. The lowest BCUT2D eigenvalue weighted by Crippen LogP contribution is -2.29. The first-order valence-corrected chi connectivity index (χ1v) is 14.2. The molecule has 41 heavy (non-hydrogen) atoms. The van der Waals surface area contributed by atoms with Crippen molar-refractivity contribution in [1.82, 2.24) is 14.3 Å². The van der Waals surface area contributed by atoms with Gasteiger partial charge in [0.25, 0.3) is 5.56 Å². The molecule has 2 aromatic heterocycles. The monoisotopic (exact) mass is 578 g/mol. The zero-order chi connectivity index (χ0) is 30.1. The van der Waals surface area contributed by atoms with Crippen LogP contribution in [0.1, 0.15) is 61.8 Å². The second-order valence-electron chi connectivity index (χ2n) is 11.9. The number of hydrogen-bond acceptors (Lipinski definition) is 5. The molecule has 1 atom stereocenters. The van der Waals surface area contributed by atoms with E-state index in [4.69, 9.17) is 16.0 Å². The van der Waals surface area contributed by atoms with Gasteiger partial charge in [0, 0.05) is 42.8 Å². The highest BCUT2D eigenvalue weighted by atomic mass is 35.5. The molecule has 0 bridgehead atoms. The second kappa shape index (κ2) is 12.1. The average molecular weight is 579 g/mol. The molecule has 0 aliphatic carbocycles. The lowest BCUT2D eigenvalue weighted by Gasteiger charge is -2.24. The summed E-state index contributed by atoms with van der Waals surface area (Å²) in [6, 6.07) is 14.8. The summed E-state index contributed by atoms with van der Waals surface area (Å²) in [5, 5.41) is 4.20. The number of fused-ring (bicyclic) bond motifs is 1. The van der Waals surface area contributed by atoms with E-state index in [-0.39, 0.29) is 41.8 Å². The van der Waals surface area contributed by atoms with Crippen molar-refractivity contribution in [3.05, 3.63) is 80.9 Å². The van der Waals surface area contributed by atoms with Crippen LogP contribution in [-0.2, 0) is 18.3 Å². The summed E-state index contributed by atoms with van der Waals surface area (Å²) in [5.41, 5.74) is 1.97. The number of amides is 1. The largest absolute Gasteiger partial charge is 0.461 e. The minimum atomic E-state index is -0.499. The van der Waals surface area contributed by atoms with Crippen LogP contribution in [0.2, 0.25) is 5.02 Å². The highest BCUT2D eigenvalue weighted by Crippen LogP contribution is 2.32. The van der Waals surface area contributed by atoms with Gasteiger partial charge in [-0.1, -0.05) is 43.6 Å². The third-order valence-corrected chi connectivity index (χ3v) is 7.91. The van der Waals surface area contributed by atoms with Crippen LogP contribution in [0, 0.1) is 12.3 Å². The number of carbonyl (C=O) groups excluding carboxylic acids is 2. The van der Waals surface area contributed by atoms with Gasteiger partial charge >= 0.3 is 0 Å². The molecule has 218 valence electrons. The smallest absolute Gasteiger partial charge is 0.295 e. The number of carbonyl (C=O) groups is 2. The first-order chi connectivity index (χ1) is 19.3. The van der Waals surface area contributed by atoms with Gasteiger partial charge in [-0.25, -0.2) is 4.68 Å². The zero-order valence-electron chi connectivity index (χ0n) is 24.9. The number of benzene rings is 2. The first-order valence-electron chi connectivity index (χ1n) is 13.8. The Morgan fingerprint density at radius 1 is 1.12 bits per heavy atom. The van der Waals surface area contributed by atoms with E-state index in [0.717, 1.165) is 16.8 Å². The van der Waals surface area contributed by atoms with E-state index in [1.165, 1.54) is 0 Å². The summed E-state index contributed by atoms with van der Waals surface area (Å²) in [7, 11) is 5.81. The molecular weight excluding hydrogens is 540 g/mol. The summed E-state index contributed by atoms with van der Waals surface area (Å²) in [4.78, 5) is 42.2. The SMILES string of the molecule is Cc1cc2cc(Cl)cc(C(=O)CCC(C)(C)CC(=O)Nc3c(C[C@H](C)N(C)C)n(C)n(-c4ccccc4)c3=O)c2o1. The van der Waals surface area contributed by atoms with Crippen LogP contribution in [0.4, 0.5) is 5.69 Å². The van der Waals surface area contributed by atoms with Gasteiger partial charge in [-0.05, 0) is 70.1 Å². The van der Waals surface area contributed by atoms with Gasteiger partial charge in [0.05, 0.1) is 16.9 Å². The van der Waals surface area contributed by atoms with E-state index in [9.17, 15) is 14.4 Å². The minimum Gasteiger partial charge on any atom is -0.461 e. The van der Waals surface area contributed by atoms with Crippen molar-refractivity contribution in [2.24, 2.45) is 12.5 Å². The number of nitrogens with one attached hydrogen (secondary N) is 1. The first kappa shape index (κ1) is 30.3. The number of furan rings is 1. The van der Waals surface area contributed by atoms with Gasteiger partial charge in [0.1, 0.15) is 17.0 Å². The van der Waals surface area contributed by atoms with E-state index in [2.05, 4.69) is 17.1 Å². The predicted molar refractivity (Wildman–Crippen MR) is 164 cm³/mol. The lowest BCUT2D eigenvalue weighted by atomic mass is 9.82. The number of nitrogens with zero attached hydrogens (tertiary/aromatic N) is 3. The number of aryl methyl sites for hydroxylation is 1. The molecule has 0 spiro atoms. The molecule has 2 heterocycles.